The molecular formula is C43H53NOZr. The van der Waals surface area contributed by atoms with Crippen LogP contribution < -0.4 is 0 Å². The van der Waals surface area contributed by atoms with Crippen LogP contribution >= 0.6 is 0 Å². The van der Waals surface area contributed by atoms with Gasteiger partial charge < -0.3 is 10.4 Å². The van der Waals surface area contributed by atoms with Crippen molar-refractivity contribution in [1.29, 1.82) is 0 Å². The summed E-state index contributed by atoms with van der Waals surface area (Å²) in [6, 6.07) is 36.5. The van der Waals surface area contributed by atoms with Crippen LogP contribution in [0.4, 0.5) is 0 Å². The summed E-state index contributed by atoms with van der Waals surface area (Å²) in [4.78, 5) is 0. The van der Waals surface area contributed by atoms with Crippen molar-refractivity contribution in [3.63, 3.8) is 0 Å². The Morgan fingerprint density at radius 2 is 1.30 bits per heavy atom. The predicted molar refractivity (Wildman–Crippen MR) is 192 cm³/mol. The van der Waals surface area contributed by atoms with E-state index in [2.05, 4.69) is 91.8 Å². The summed E-state index contributed by atoms with van der Waals surface area (Å²) in [5.41, 5.74) is 6.75. The van der Waals surface area contributed by atoms with E-state index < -0.39 is 0 Å². The molecule has 2 aliphatic rings. The summed E-state index contributed by atoms with van der Waals surface area (Å²) in [5, 5.41) is 16.8. The zero-order valence-corrected chi connectivity index (χ0v) is 31.3. The largest absolute Gasteiger partial charge is 4.00 e. The van der Waals surface area contributed by atoms with Crippen LogP contribution in [0.5, 0.6) is 5.75 Å². The molecule has 3 heteroatoms. The van der Waals surface area contributed by atoms with E-state index in [1.165, 1.54) is 36.8 Å². The maximum absolute atomic E-state index is 11.4. The van der Waals surface area contributed by atoms with E-state index in [0.717, 1.165) is 28.7 Å². The molecule has 0 bridgehead atoms. The van der Waals surface area contributed by atoms with E-state index in [4.69, 9.17) is 5.32 Å². The molecule has 0 radical (unpaired) electrons. The average molecular weight is 691 g/mol. The average Bonchev–Trinajstić information content (AvgIpc) is 3.01. The third-order valence-electron chi connectivity index (χ3n) is 9.14. The SMILES string of the molecule is CC(C)(C)c1cc(C2CCC3CCCC(c4[c-]cccc4)C3[N-]2)c(O)c(C(C)(C)C)c1.[CH2-]c1ccccc1.[CH2-]c1ccccc1.[Zr+4]. The summed E-state index contributed by atoms with van der Waals surface area (Å²) in [7, 11) is 0. The van der Waals surface area contributed by atoms with Crippen LogP contribution in [0.2, 0.25) is 0 Å². The summed E-state index contributed by atoms with van der Waals surface area (Å²) in [6.45, 7) is 20.8. The molecule has 46 heavy (non-hydrogen) atoms. The Morgan fingerprint density at radius 3 is 1.78 bits per heavy atom. The van der Waals surface area contributed by atoms with Crippen molar-refractivity contribution in [2.45, 2.75) is 102 Å². The topological polar surface area (TPSA) is 34.3 Å². The van der Waals surface area contributed by atoms with Gasteiger partial charge in [0.25, 0.3) is 0 Å². The standard InChI is InChI=1S/C29H39NO.2C7H7.Zr/c1-28(2,3)21-17-23(27(31)24(18-21)29(4,5)6)25-16-15-20-13-10-14-22(26(20)30-25)19-11-8-7-9-12-19;2*1-7-5-3-2-4-6-7;/h7-9,11,17-18,20,22,25-26,31H,10,13-16H2,1-6H3;2*2-6H,1H2;/q-2;2*-1;+4. The van der Waals surface area contributed by atoms with Gasteiger partial charge in [-0.2, -0.15) is 85.1 Å². The molecule has 4 aromatic rings. The Bertz CT molecular complexity index is 1420. The Hall–Kier alpha value is -2.74. The molecule has 4 atom stereocenters. The van der Waals surface area contributed by atoms with E-state index in [0.29, 0.717) is 23.6 Å². The summed E-state index contributed by atoms with van der Waals surface area (Å²) in [5.74, 6) is 1.59. The second kappa shape index (κ2) is 16.9. The van der Waals surface area contributed by atoms with Crippen molar-refractivity contribution < 1.29 is 31.3 Å². The third-order valence-corrected chi connectivity index (χ3v) is 9.14. The number of benzene rings is 4. The number of aromatic hydroxyl groups is 1. The second-order valence-corrected chi connectivity index (χ2v) is 14.8. The van der Waals surface area contributed by atoms with Crippen molar-refractivity contribution in [2.24, 2.45) is 5.92 Å². The van der Waals surface area contributed by atoms with Crippen LogP contribution in [0.15, 0.2) is 97.1 Å². The molecule has 0 aromatic heterocycles. The first kappa shape index (κ1) is 37.7. The first-order chi connectivity index (χ1) is 21.3. The number of phenolic OH excluding ortho intramolecular Hbond substituents is 1. The summed E-state index contributed by atoms with van der Waals surface area (Å²) in [6.07, 6.45) is 6.00. The van der Waals surface area contributed by atoms with Gasteiger partial charge in [0, 0.05) is 0 Å². The molecule has 2 nitrogen and oxygen atoms in total. The minimum Gasteiger partial charge on any atom is -0.652 e. The number of phenols is 1. The molecule has 0 amide bonds. The molecule has 240 valence electrons. The van der Waals surface area contributed by atoms with Gasteiger partial charge in [-0.15, -0.1) is 36.3 Å². The van der Waals surface area contributed by atoms with Crippen LogP contribution in [-0.2, 0) is 37.0 Å². The van der Waals surface area contributed by atoms with Gasteiger partial charge >= 0.3 is 26.2 Å². The van der Waals surface area contributed by atoms with Crippen LogP contribution in [0.1, 0.15) is 119 Å². The van der Waals surface area contributed by atoms with Gasteiger partial charge in [-0.05, 0) is 33.9 Å². The molecule has 4 aromatic carbocycles. The van der Waals surface area contributed by atoms with Gasteiger partial charge in [-0.1, -0.05) is 103 Å². The number of hydrogen-bond acceptors (Lipinski definition) is 1. The Labute approximate surface area is 299 Å². The maximum atomic E-state index is 11.4. The predicted octanol–water partition coefficient (Wildman–Crippen LogP) is 11.7. The second-order valence-electron chi connectivity index (χ2n) is 14.8. The molecular weight excluding hydrogens is 638 g/mol. The van der Waals surface area contributed by atoms with Crippen LogP contribution in [0.25, 0.3) is 5.32 Å². The number of piperidine rings is 1. The number of nitrogens with zero attached hydrogens (tertiary/aromatic N) is 1. The molecule has 1 saturated heterocycles. The van der Waals surface area contributed by atoms with E-state index in [1.807, 2.05) is 66.7 Å². The fourth-order valence-corrected chi connectivity index (χ4v) is 6.55. The van der Waals surface area contributed by atoms with Gasteiger partial charge in [0.05, 0.1) is 0 Å². The summed E-state index contributed by atoms with van der Waals surface area (Å²) < 4.78 is 0. The third kappa shape index (κ3) is 10.4. The first-order valence-electron chi connectivity index (χ1n) is 16.6. The Balaban J connectivity index is 0.000000315. The summed E-state index contributed by atoms with van der Waals surface area (Å²) >= 11 is 0. The molecule has 4 unspecified atom stereocenters. The Morgan fingerprint density at radius 1 is 0.717 bits per heavy atom. The molecule has 2 fully saturated rings. The van der Waals surface area contributed by atoms with E-state index >= 15 is 0 Å². The molecule has 6 rings (SSSR count). The van der Waals surface area contributed by atoms with E-state index in [-0.39, 0.29) is 43.1 Å². The van der Waals surface area contributed by atoms with Gasteiger partial charge in [0.1, 0.15) is 5.75 Å². The van der Waals surface area contributed by atoms with E-state index in [1.54, 1.807) is 0 Å². The van der Waals surface area contributed by atoms with Crippen molar-refractivity contribution in [2.75, 3.05) is 0 Å². The fourth-order valence-electron chi connectivity index (χ4n) is 6.55. The van der Waals surface area contributed by atoms with Crippen LogP contribution in [0.3, 0.4) is 0 Å². The monoisotopic (exact) mass is 689 g/mol. The van der Waals surface area contributed by atoms with Gasteiger partial charge in [0.2, 0.25) is 0 Å². The van der Waals surface area contributed by atoms with Gasteiger partial charge in [0.15, 0.2) is 0 Å². The smallest absolute Gasteiger partial charge is 0.652 e. The van der Waals surface area contributed by atoms with Gasteiger partial charge in [-0.25, -0.2) is 0 Å². The van der Waals surface area contributed by atoms with E-state index in [9.17, 15) is 5.11 Å². The van der Waals surface area contributed by atoms with Crippen molar-refractivity contribution in [1.82, 2.24) is 0 Å². The number of rotatable bonds is 2. The van der Waals surface area contributed by atoms with Crippen LogP contribution in [0, 0.1) is 25.8 Å². The number of hydrogen-bond donors (Lipinski definition) is 1. The molecule has 1 heterocycles. The fraction of sp³-hybridized carbons (Fsp3) is 0.395. The minimum atomic E-state index is -0.107. The van der Waals surface area contributed by atoms with Crippen molar-refractivity contribution >= 4 is 0 Å². The quantitative estimate of drug-likeness (QED) is 0.209. The van der Waals surface area contributed by atoms with Crippen molar-refractivity contribution in [3.05, 3.63) is 156 Å². The molecule has 1 aliphatic carbocycles. The van der Waals surface area contributed by atoms with Gasteiger partial charge in [-0.3, -0.25) is 0 Å². The Kier molecular flexibility index (Phi) is 13.9. The van der Waals surface area contributed by atoms with Crippen LogP contribution in [-0.4, -0.2) is 11.1 Å². The minimum absolute atomic E-state index is 0. The first-order valence-corrected chi connectivity index (χ1v) is 16.6. The maximum Gasteiger partial charge on any atom is 4.00 e. The normalized spacial score (nSPS) is 20.8. The molecule has 1 saturated carbocycles. The molecule has 1 N–H and O–H groups in total. The number of fused-ring (bicyclic) bond motifs is 1. The molecule has 0 spiro atoms. The zero-order chi connectivity index (χ0) is 32.6. The molecule has 1 aliphatic heterocycles. The van der Waals surface area contributed by atoms with Crippen molar-refractivity contribution in [3.8, 4) is 5.75 Å². The zero-order valence-electron chi connectivity index (χ0n) is 28.9.